The van der Waals surface area contributed by atoms with Crippen molar-refractivity contribution in [2.24, 2.45) is 5.73 Å². The van der Waals surface area contributed by atoms with Gasteiger partial charge in [-0.3, -0.25) is 0 Å². The van der Waals surface area contributed by atoms with Crippen molar-refractivity contribution in [2.75, 3.05) is 6.54 Å². The Morgan fingerprint density at radius 3 is 2.68 bits per heavy atom. The minimum absolute atomic E-state index is 0.202. The van der Waals surface area contributed by atoms with Crippen molar-refractivity contribution in [3.63, 3.8) is 0 Å². The molecule has 0 fully saturated rings. The van der Waals surface area contributed by atoms with Crippen LogP contribution in [0, 0.1) is 12.7 Å². The molecule has 0 aliphatic carbocycles. The van der Waals surface area contributed by atoms with Crippen molar-refractivity contribution in [1.29, 1.82) is 0 Å². The molecule has 2 aromatic rings. The Kier molecular flexibility index (Phi) is 4.56. The van der Waals surface area contributed by atoms with Crippen LogP contribution in [0.2, 0.25) is 0 Å². The summed E-state index contributed by atoms with van der Waals surface area (Å²) in [6.07, 6.45) is -0.356. The highest BCUT2D eigenvalue weighted by molar-refractivity contribution is 9.10. The second-order valence-corrected chi connectivity index (χ2v) is 5.19. The Morgan fingerprint density at radius 2 is 2.00 bits per heavy atom. The smallest absolute Gasteiger partial charge is 0.165 e. The Labute approximate surface area is 120 Å². The van der Waals surface area contributed by atoms with Crippen molar-refractivity contribution in [1.82, 2.24) is 0 Å². The fourth-order valence-electron chi connectivity index (χ4n) is 1.91. The summed E-state index contributed by atoms with van der Waals surface area (Å²) in [6.45, 7) is 2.27. The van der Waals surface area contributed by atoms with E-state index in [9.17, 15) is 4.39 Å². The summed E-state index contributed by atoms with van der Waals surface area (Å²) in [5.41, 5.74) is 7.80. The van der Waals surface area contributed by atoms with Gasteiger partial charge in [0.05, 0.1) is 0 Å². The Bertz CT molecular complexity index is 574. The van der Waals surface area contributed by atoms with Gasteiger partial charge in [0.15, 0.2) is 11.6 Å². The second kappa shape index (κ2) is 6.17. The van der Waals surface area contributed by atoms with E-state index < -0.39 is 5.82 Å². The van der Waals surface area contributed by atoms with Gasteiger partial charge in [-0.15, -0.1) is 0 Å². The average Bonchev–Trinajstić information content (AvgIpc) is 2.41. The van der Waals surface area contributed by atoms with Gasteiger partial charge in [-0.05, 0) is 36.2 Å². The molecule has 0 spiro atoms. The van der Waals surface area contributed by atoms with E-state index in [-0.39, 0.29) is 18.4 Å². The zero-order valence-electron chi connectivity index (χ0n) is 10.6. The van der Waals surface area contributed by atoms with Crippen LogP contribution in [-0.2, 0) is 0 Å². The highest BCUT2D eigenvalue weighted by atomic mass is 79.9. The van der Waals surface area contributed by atoms with Gasteiger partial charge in [0, 0.05) is 11.0 Å². The molecule has 1 atom stereocenters. The zero-order chi connectivity index (χ0) is 13.8. The SMILES string of the molecule is Cc1ccccc1C(CN)Oc1cc(Br)ccc1F. The lowest BCUT2D eigenvalue weighted by Crippen LogP contribution is -2.19. The zero-order valence-corrected chi connectivity index (χ0v) is 12.2. The van der Waals surface area contributed by atoms with Crippen molar-refractivity contribution >= 4 is 15.9 Å². The van der Waals surface area contributed by atoms with Crippen LogP contribution in [0.4, 0.5) is 4.39 Å². The molecule has 0 saturated heterocycles. The molecule has 19 heavy (non-hydrogen) atoms. The lowest BCUT2D eigenvalue weighted by molar-refractivity contribution is 0.203. The van der Waals surface area contributed by atoms with Gasteiger partial charge in [0.25, 0.3) is 0 Å². The van der Waals surface area contributed by atoms with E-state index in [1.165, 1.54) is 6.07 Å². The molecule has 100 valence electrons. The standard InChI is InChI=1S/C15H15BrFNO/c1-10-4-2-3-5-12(10)15(9-18)19-14-8-11(16)6-7-13(14)17/h2-8,15H,9,18H2,1H3. The van der Waals surface area contributed by atoms with Gasteiger partial charge in [0.2, 0.25) is 0 Å². The van der Waals surface area contributed by atoms with E-state index >= 15 is 0 Å². The average molecular weight is 324 g/mol. The van der Waals surface area contributed by atoms with Gasteiger partial charge in [-0.1, -0.05) is 40.2 Å². The number of aryl methyl sites for hydroxylation is 1. The van der Waals surface area contributed by atoms with Crippen LogP contribution in [0.1, 0.15) is 17.2 Å². The largest absolute Gasteiger partial charge is 0.481 e. The molecule has 2 aromatic carbocycles. The summed E-state index contributed by atoms with van der Waals surface area (Å²) < 4.78 is 20.2. The molecule has 0 bridgehead atoms. The van der Waals surface area contributed by atoms with Crippen LogP contribution in [-0.4, -0.2) is 6.54 Å². The summed E-state index contributed by atoms with van der Waals surface area (Å²) in [6, 6.07) is 12.4. The van der Waals surface area contributed by atoms with E-state index in [1.54, 1.807) is 12.1 Å². The van der Waals surface area contributed by atoms with E-state index in [4.69, 9.17) is 10.5 Å². The molecule has 0 aromatic heterocycles. The fraction of sp³-hybridized carbons (Fsp3) is 0.200. The first kappa shape index (κ1) is 14.0. The minimum atomic E-state index is -0.393. The second-order valence-electron chi connectivity index (χ2n) is 4.27. The molecule has 0 heterocycles. The van der Waals surface area contributed by atoms with Gasteiger partial charge in [-0.2, -0.15) is 0 Å². The monoisotopic (exact) mass is 323 g/mol. The number of nitrogens with two attached hydrogens (primary N) is 1. The summed E-state index contributed by atoms with van der Waals surface area (Å²) in [5, 5.41) is 0. The molecule has 0 saturated carbocycles. The van der Waals surface area contributed by atoms with Crippen molar-refractivity contribution < 1.29 is 9.13 Å². The van der Waals surface area contributed by atoms with Crippen LogP contribution >= 0.6 is 15.9 Å². The van der Waals surface area contributed by atoms with E-state index in [0.717, 1.165) is 15.6 Å². The predicted octanol–water partition coefficient (Wildman–Crippen LogP) is 3.98. The van der Waals surface area contributed by atoms with Crippen molar-refractivity contribution in [3.8, 4) is 5.75 Å². The Hall–Kier alpha value is -1.39. The fourth-order valence-corrected chi connectivity index (χ4v) is 2.25. The van der Waals surface area contributed by atoms with Crippen molar-refractivity contribution in [3.05, 3.63) is 63.9 Å². The molecule has 2 nitrogen and oxygen atoms in total. The maximum absolute atomic E-state index is 13.7. The number of hydrogen-bond acceptors (Lipinski definition) is 2. The minimum Gasteiger partial charge on any atom is -0.481 e. The highest BCUT2D eigenvalue weighted by Crippen LogP contribution is 2.28. The van der Waals surface area contributed by atoms with Gasteiger partial charge in [-0.25, -0.2) is 4.39 Å². The van der Waals surface area contributed by atoms with Crippen LogP contribution < -0.4 is 10.5 Å². The highest BCUT2D eigenvalue weighted by Gasteiger charge is 2.16. The number of ether oxygens (including phenoxy) is 1. The third-order valence-electron chi connectivity index (χ3n) is 2.91. The molecule has 2 N–H and O–H groups in total. The van der Waals surface area contributed by atoms with E-state index in [2.05, 4.69) is 15.9 Å². The quantitative estimate of drug-likeness (QED) is 0.923. The third-order valence-corrected chi connectivity index (χ3v) is 3.41. The van der Waals surface area contributed by atoms with Crippen LogP contribution in [0.15, 0.2) is 46.9 Å². The normalized spacial score (nSPS) is 12.2. The molecular formula is C15H15BrFNO. The lowest BCUT2D eigenvalue weighted by atomic mass is 10.0. The first-order valence-electron chi connectivity index (χ1n) is 5.99. The Morgan fingerprint density at radius 1 is 1.26 bits per heavy atom. The topological polar surface area (TPSA) is 35.2 Å². The molecule has 4 heteroatoms. The van der Waals surface area contributed by atoms with Gasteiger partial charge >= 0.3 is 0 Å². The molecule has 1 unspecified atom stereocenters. The summed E-state index contributed by atoms with van der Waals surface area (Å²) in [4.78, 5) is 0. The molecular weight excluding hydrogens is 309 g/mol. The predicted molar refractivity (Wildman–Crippen MR) is 77.7 cm³/mol. The van der Waals surface area contributed by atoms with Crippen molar-refractivity contribution in [2.45, 2.75) is 13.0 Å². The first-order chi connectivity index (χ1) is 9.11. The number of halogens is 2. The van der Waals surface area contributed by atoms with Gasteiger partial charge in [0.1, 0.15) is 6.10 Å². The first-order valence-corrected chi connectivity index (χ1v) is 6.78. The summed E-state index contributed by atoms with van der Waals surface area (Å²) in [7, 11) is 0. The molecule has 0 amide bonds. The number of hydrogen-bond donors (Lipinski definition) is 1. The van der Waals surface area contributed by atoms with E-state index in [0.29, 0.717) is 0 Å². The van der Waals surface area contributed by atoms with Crippen LogP contribution in [0.5, 0.6) is 5.75 Å². The lowest BCUT2D eigenvalue weighted by Gasteiger charge is -2.20. The van der Waals surface area contributed by atoms with E-state index in [1.807, 2.05) is 31.2 Å². The van der Waals surface area contributed by atoms with Gasteiger partial charge < -0.3 is 10.5 Å². The third kappa shape index (κ3) is 3.33. The number of rotatable bonds is 4. The molecule has 0 radical (unpaired) electrons. The number of benzene rings is 2. The van der Waals surface area contributed by atoms with Crippen LogP contribution in [0.3, 0.4) is 0 Å². The molecule has 0 aliphatic rings. The van der Waals surface area contributed by atoms with Crippen LogP contribution in [0.25, 0.3) is 0 Å². The maximum atomic E-state index is 13.7. The summed E-state index contributed by atoms with van der Waals surface area (Å²) >= 11 is 3.30. The molecule has 0 aliphatic heterocycles. The summed E-state index contributed by atoms with van der Waals surface area (Å²) in [5.74, 6) is -0.191. The molecule has 2 rings (SSSR count). The maximum Gasteiger partial charge on any atom is 0.165 e. The Balaban J connectivity index is 2.29.